The van der Waals surface area contributed by atoms with Crippen LogP contribution in [0.15, 0.2) is 0 Å². The van der Waals surface area contributed by atoms with Crippen molar-refractivity contribution < 1.29 is 24.2 Å². The Morgan fingerprint density at radius 3 is 2.08 bits per heavy atom. The molecule has 0 amide bonds. The van der Waals surface area contributed by atoms with Gasteiger partial charge in [0, 0.05) is 0 Å². The molecule has 0 heterocycles. The van der Waals surface area contributed by atoms with Crippen molar-refractivity contribution in [3.05, 3.63) is 0 Å². The fourth-order valence-electron chi connectivity index (χ4n) is 0.573. The second-order valence-corrected chi connectivity index (χ2v) is 2.33. The maximum Gasteiger partial charge on any atom is 0.338 e. The highest BCUT2D eigenvalue weighted by Crippen LogP contribution is 2.04. The van der Waals surface area contributed by atoms with E-state index in [4.69, 9.17) is 15.9 Å². The molecule has 0 bridgehead atoms. The lowest BCUT2D eigenvalue weighted by Gasteiger charge is -2.06. The number of alkyl halides is 1. The second kappa shape index (κ2) is 4.66. The molecule has 1 unspecified atom stereocenters. The minimum atomic E-state index is -2.03. The quantitative estimate of drug-likeness (QED) is 0.533. The van der Waals surface area contributed by atoms with Crippen LogP contribution >= 0.6 is 0 Å². The van der Waals surface area contributed by atoms with Crippen LogP contribution in [0.4, 0.5) is 4.39 Å². The van der Waals surface area contributed by atoms with E-state index in [0.717, 1.165) is 0 Å². The highest BCUT2D eigenvalue weighted by Gasteiger charge is 2.19. The standard InChI is InChI=1S/C6H10FNO4/c7-3(5(9)10)1-2-4(8)6(11)12/h3-4H,1-2,8H2,(H,9,10)(H,11,12)/t3?,4-/m0/s1. The molecule has 0 aromatic carbocycles. The summed E-state index contributed by atoms with van der Waals surface area (Å²) in [7, 11) is 0. The number of hydrogen-bond donors (Lipinski definition) is 3. The van der Waals surface area contributed by atoms with E-state index in [2.05, 4.69) is 0 Å². The third-order valence-corrected chi connectivity index (χ3v) is 1.32. The Morgan fingerprint density at radius 1 is 1.25 bits per heavy atom. The third kappa shape index (κ3) is 3.87. The van der Waals surface area contributed by atoms with Crippen LogP contribution in [0.2, 0.25) is 0 Å². The smallest absolute Gasteiger partial charge is 0.338 e. The molecule has 0 radical (unpaired) electrons. The van der Waals surface area contributed by atoms with Gasteiger partial charge in [0.1, 0.15) is 6.04 Å². The lowest BCUT2D eigenvalue weighted by Crippen LogP contribution is -2.31. The molecule has 2 atom stereocenters. The zero-order valence-corrected chi connectivity index (χ0v) is 6.24. The van der Waals surface area contributed by atoms with E-state index in [0.29, 0.717) is 0 Å². The van der Waals surface area contributed by atoms with Crippen molar-refractivity contribution in [2.45, 2.75) is 25.1 Å². The van der Waals surface area contributed by atoms with E-state index in [1.54, 1.807) is 0 Å². The fraction of sp³-hybridized carbons (Fsp3) is 0.667. The summed E-state index contributed by atoms with van der Waals surface area (Å²) in [4.78, 5) is 20.0. The maximum absolute atomic E-state index is 12.3. The van der Waals surface area contributed by atoms with Gasteiger partial charge in [-0.3, -0.25) is 4.79 Å². The molecule has 0 aromatic rings. The van der Waals surface area contributed by atoms with E-state index < -0.39 is 24.2 Å². The van der Waals surface area contributed by atoms with Crippen molar-refractivity contribution in [1.29, 1.82) is 0 Å². The van der Waals surface area contributed by atoms with Gasteiger partial charge in [-0.05, 0) is 12.8 Å². The Labute approximate surface area is 68.0 Å². The summed E-state index contributed by atoms with van der Waals surface area (Å²) in [5.41, 5.74) is 5.01. The minimum Gasteiger partial charge on any atom is -0.480 e. The van der Waals surface area contributed by atoms with Crippen LogP contribution in [0.1, 0.15) is 12.8 Å². The summed E-state index contributed by atoms with van der Waals surface area (Å²) in [6.45, 7) is 0. The summed E-state index contributed by atoms with van der Waals surface area (Å²) in [5.74, 6) is -2.85. The molecule has 4 N–H and O–H groups in total. The number of halogens is 1. The van der Waals surface area contributed by atoms with Crippen LogP contribution in [0.5, 0.6) is 0 Å². The Balaban J connectivity index is 3.68. The molecule has 0 spiro atoms. The van der Waals surface area contributed by atoms with Gasteiger partial charge in [0.05, 0.1) is 0 Å². The number of carboxylic acids is 2. The highest BCUT2D eigenvalue weighted by atomic mass is 19.1. The van der Waals surface area contributed by atoms with E-state index in [9.17, 15) is 14.0 Å². The zero-order valence-electron chi connectivity index (χ0n) is 6.24. The van der Waals surface area contributed by atoms with Crippen molar-refractivity contribution in [3.8, 4) is 0 Å². The van der Waals surface area contributed by atoms with Gasteiger partial charge in [-0.15, -0.1) is 0 Å². The molecule has 0 fully saturated rings. The van der Waals surface area contributed by atoms with Gasteiger partial charge in [0.15, 0.2) is 6.17 Å². The molecule has 0 saturated heterocycles. The Hall–Kier alpha value is -1.17. The second-order valence-electron chi connectivity index (χ2n) is 2.33. The van der Waals surface area contributed by atoms with Gasteiger partial charge in [-0.2, -0.15) is 0 Å². The molecule has 6 heteroatoms. The van der Waals surface area contributed by atoms with E-state index in [1.165, 1.54) is 0 Å². The first-order valence-electron chi connectivity index (χ1n) is 3.30. The summed E-state index contributed by atoms with van der Waals surface area (Å²) in [6.07, 6.45) is -2.58. The lowest BCUT2D eigenvalue weighted by molar-refractivity contribution is -0.144. The monoisotopic (exact) mass is 179 g/mol. The van der Waals surface area contributed by atoms with Crippen LogP contribution in [-0.2, 0) is 9.59 Å². The Morgan fingerprint density at radius 2 is 1.75 bits per heavy atom. The SMILES string of the molecule is N[C@@H](CCC(F)C(=O)O)C(=O)O. The topological polar surface area (TPSA) is 101 Å². The van der Waals surface area contributed by atoms with Crippen molar-refractivity contribution in [1.82, 2.24) is 0 Å². The van der Waals surface area contributed by atoms with Crippen LogP contribution in [-0.4, -0.2) is 34.4 Å². The van der Waals surface area contributed by atoms with Gasteiger partial charge < -0.3 is 15.9 Å². The number of hydrogen-bond acceptors (Lipinski definition) is 3. The molecule has 0 aliphatic heterocycles. The average molecular weight is 179 g/mol. The van der Waals surface area contributed by atoms with Gasteiger partial charge in [-0.25, -0.2) is 9.18 Å². The lowest BCUT2D eigenvalue weighted by atomic mass is 10.1. The number of nitrogens with two attached hydrogens (primary N) is 1. The largest absolute Gasteiger partial charge is 0.480 e. The highest BCUT2D eigenvalue weighted by molar-refractivity contribution is 5.74. The van der Waals surface area contributed by atoms with Gasteiger partial charge in [0.25, 0.3) is 0 Å². The maximum atomic E-state index is 12.3. The van der Waals surface area contributed by atoms with Crippen LogP contribution in [0.25, 0.3) is 0 Å². The zero-order chi connectivity index (χ0) is 9.72. The first-order chi connectivity index (χ1) is 5.45. The molecule has 12 heavy (non-hydrogen) atoms. The number of carboxylic acid groups (broad SMARTS) is 2. The molecular formula is C6H10FNO4. The molecule has 0 aliphatic carbocycles. The molecule has 70 valence electrons. The number of aliphatic carboxylic acids is 2. The Bertz CT molecular complexity index is 164. The van der Waals surface area contributed by atoms with E-state index in [-0.39, 0.29) is 12.8 Å². The molecule has 5 nitrogen and oxygen atoms in total. The molecule has 0 rings (SSSR count). The fourth-order valence-corrected chi connectivity index (χ4v) is 0.573. The summed E-state index contributed by atoms with van der Waals surface area (Å²) >= 11 is 0. The first-order valence-corrected chi connectivity index (χ1v) is 3.30. The normalized spacial score (nSPS) is 15.2. The van der Waals surface area contributed by atoms with Crippen LogP contribution in [0.3, 0.4) is 0 Å². The Kier molecular flexibility index (Phi) is 4.20. The summed E-state index contributed by atoms with van der Waals surface area (Å²) in [6, 6.07) is -1.19. The van der Waals surface area contributed by atoms with Gasteiger partial charge in [0.2, 0.25) is 0 Å². The molecule has 0 saturated carbocycles. The minimum absolute atomic E-state index is 0.178. The van der Waals surface area contributed by atoms with Crippen LogP contribution < -0.4 is 5.73 Å². The predicted octanol–water partition coefficient (Wildman–Crippen LogP) is -0.399. The van der Waals surface area contributed by atoms with Gasteiger partial charge >= 0.3 is 11.9 Å². The number of carbonyl (C=O) groups is 2. The predicted molar refractivity (Wildman–Crippen MR) is 37.4 cm³/mol. The van der Waals surface area contributed by atoms with Crippen LogP contribution in [0, 0.1) is 0 Å². The summed E-state index contributed by atoms with van der Waals surface area (Å²) in [5, 5.41) is 16.3. The average Bonchev–Trinajstić information content (AvgIpc) is 1.98. The third-order valence-electron chi connectivity index (χ3n) is 1.32. The van der Waals surface area contributed by atoms with Crippen molar-refractivity contribution in [2.75, 3.05) is 0 Å². The molecular weight excluding hydrogens is 169 g/mol. The van der Waals surface area contributed by atoms with Crippen molar-refractivity contribution in [2.24, 2.45) is 5.73 Å². The number of rotatable bonds is 5. The van der Waals surface area contributed by atoms with E-state index in [1.807, 2.05) is 0 Å². The molecule has 0 aliphatic rings. The van der Waals surface area contributed by atoms with Crippen molar-refractivity contribution in [3.63, 3.8) is 0 Å². The van der Waals surface area contributed by atoms with E-state index >= 15 is 0 Å². The first kappa shape index (κ1) is 10.8. The molecule has 0 aromatic heterocycles. The van der Waals surface area contributed by atoms with Crippen molar-refractivity contribution >= 4 is 11.9 Å². The summed E-state index contributed by atoms with van der Waals surface area (Å²) < 4.78 is 12.3. The van der Waals surface area contributed by atoms with Gasteiger partial charge in [-0.1, -0.05) is 0 Å².